The number of carbonyl (C=O) groups excluding carboxylic acids is 3. The second-order valence-electron chi connectivity index (χ2n) is 12.4. The number of hydrogen-bond donors (Lipinski definition) is 3. The lowest BCUT2D eigenvalue weighted by Gasteiger charge is -2.48. The maximum absolute atomic E-state index is 13.5. The number of hydrogen-bond acceptors (Lipinski definition) is 9. The largest absolute Gasteiger partial charge is 0.456 e. The predicted molar refractivity (Wildman–Crippen MR) is 155 cm³/mol. The van der Waals surface area contributed by atoms with E-state index in [1.165, 1.54) is 7.11 Å². The molecule has 1 spiro atoms. The average molecular weight is 601 g/mol. The van der Waals surface area contributed by atoms with E-state index in [1.54, 1.807) is 25.3 Å². The monoisotopic (exact) mass is 600 g/mol. The molecule has 1 aromatic heterocycles. The maximum Gasteiger partial charge on any atom is 0.407 e. The summed E-state index contributed by atoms with van der Waals surface area (Å²) in [4.78, 5) is 41.7. The fraction of sp³-hybridized carbons (Fsp3) is 0.656. The molecule has 5 rings (SSSR count). The van der Waals surface area contributed by atoms with Gasteiger partial charge in [-0.25, -0.2) is 14.4 Å². The van der Waals surface area contributed by atoms with Crippen LogP contribution in [0.15, 0.2) is 42.1 Å². The summed E-state index contributed by atoms with van der Waals surface area (Å²) in [5.74, 6) is -2.73. The molecule has 2 fully saturated rings. The zero-order valence-corrected chi connectivity index (χ0v) is 25.6. The van der Waals surface area contributed by atoms with E-state index in [-0.39, 0.29) is 30.1 Å². The molecule has 11 heteroatoms. The number of methoxy groups -OCH3 is 1. The van der Waals surface area contributed by atoms with Crippen molar-refractivity contribution >= 4 is 18.0 Å². The molecule has 1 amide bonds. The van der Waals surface area contributed by atoms with Gasteiger partial charge >= 0.3 is 18.0 Å². The van der Waals surface area contributed by atoms with E-state index in [9.17, 15) is 19.5 Å². The maximum atomic E-state index is 13.5. The van der Waals surface area contributed by atoms with Gasteiger partial charge in [-0.1, -0.05) is 39.0 Å². The Balaban J connectivity index is 1.51. The van der Waals surface area contributed by atoms with Crippen LogP contribution in [0.25, 0.3) is 0 Å². The van der Waals surface area contributed by atoms with Crippen molar-refractivity contribution in [1.82, 2.24) is 10.3 Å². The first-order chi connectivity index (χ1) is 20.5. The van der Waals surface area contributed by atoms with Crippen LogP contribution in [0.2, 0.25) is 0 Å². The Morgan fingerprint density at radius 2 is 2.05 bits per heavy atom. The Morgan fingerprint density at radius 3 is 2.72 bits per heavy atom. The van der Waals surface area contributed by atoms with Crippen molar-refractivity contribution in [2.75, 3.05) is 13.7 Å². The number of aromatic amines is 1. The van der Waals surface area contributed by atoms with Crippen LogP contribution in [0.4, 0.5) is 4.79 Å². The molecule has 12 atom stereocenters. The van der Waals surface area contributed by atoms with Gasteiger partial charge in [-0.15, -0.1) is 0 Å². The number of H-pyrrole nitrogens is 1. The number of nitrogens with one attached hydrogen (secondary N) is 2. The molecule has 0 aromatic carbocycles. The summed E-state index contributed by atoms with van der Waals surface area (Å²) in [6, 6.07) is 3.37. The van der Waals surface area contributed by atoms with Crippen LogP contribution in [0, 0.1) is 29.6 Å². The van der Waals surface area contributed by atoms with Crippen molar-refractivity contribution in [2.45, 2.75) is 89.7 Å². The van der Waals surface area contributed by atoms with Gasteiger partial charge in [0.2, 0.25) is 0 Å². The third-order valence-corrected chi connectivity index (χ3v) is 9.74. The Morgan fingerprint density at radius 1 is 1.28 bits per heavy atom. The van der Waals surface area contributed by atoms with Crippen LogP contribution in [-0.4, -0.2) is 84.0 Å². The van der Waals surface area contributed by atoms with E-state index in [1.807, 2.05) is 45.9 Å². The molecular weight excluding hydrogens is 556 g/mol. The highest BCUT2D eigenvalue weighted by molar-refractivity contribution is 5.87. The van der Waals surface area contributed by atoms with Crippen molar-refractivity contribution in [1.29, 1.82) is 0 Å². The van der Waals surface area contributed by atoms with Gasteiger partial charge in [0, 0.05) is 49.4 Å². The predicted octanol–water partition coefficient (Wildman–Crippen LogP) is 3.54. The van der Waals surface area contributed by atoms with Crippen LogP contribution >= 0.6 is 0 Å². The van der Waals surface area contributed by atoms with Gasteiger partial charge in [0.25, 0.3) is 0 Å². The van der Waals surface area contributed by atoms with E-state index >= 15 is 0 Å². The lowest BCUT2D eigenvalue weighted by Crippen LogP contribution is -2.57. The summed E-state index contributed by atoms with van der Waals surface area (Å²) >= 11 is 0. The van der Waals surface area contributed by atoms with Crippen LogP contribution in [-0.2, 0) is 28.5 Å². The van der Waals surface area contributed by atoms with Crippen molar-refractivity contribution in [3.8, 4) is 0 Å². The standard InChI is InChI=1S/C32H44N2O9/c1-7-12-34-31(38)40-19(5)26-16(2)14-17(3)32-20(15-23(39-6)30(37)41-26)10-11-21-24(32)25(35)18(4)27(28(21)43-32)42-29(36)22-9-8-13-33-22/h8-11,13-14,16,18-21,23-28,33,35H,7,12,15H2,1-6H3,(H,34,38)/b17-14-/t16-,18-,19-,20-,21-,23+,24+,25-,26+,27-,28+,32+/m1/s1. The lowest BCUT2D eigenvalue weighted by atomic mass is 9.57. The normalized spacial score (nSPS) is 40.3. The molecule has 4 bridgehead atoms. The highest BCUT2D eigenvalue weighted by Crippen LogP contribution is 2.61. The van der Waals surface area contributed by atoms with Crippen LogP contribution < -0.4 is 5.32 Å². The fourth-order valence-corrected chi connectivity index (χ4v) is 7.63. The van der Waals surface area contributed by atoms with Gasteiger partial charge in [0.05, 0.1) is 6.10 Å². The molecule has 0 unspecified atom stereocenters. The quantitative estimate of drug-likeness (QED) is 0.243. The molecule has 1 aromatic rings. The van der Waals surface area contributed by atoms with Gasteiger partial charge in [0.1, 0.15) is 35.7 Å². The zero-order chi connectivity index (χ0) is 31.1. The average Bonchev–Trinajstić information content (AvgIpc) is 3.58. The molecule has 0 radical (unpaired) electrons. The minimum Gasteiger partial charge on any atom is -0.456 e. The Labute approximate surface area is 252 Å². The summed E-state index contributed by atoms with van der Waals surface area (Å²) in [6.45, 7) is 9.86. The van der Waals surface area contributed by atoms with E-state index in [0.29, 0.717) is 12.2 Å². The number of amides is 1. The second-order valence-corrected chi connectivity index (χ2v) is 12.4. The molecule has 3 N–H and O–H groups in total. The third kappa shape index (κ3) is 5.51. The van der Waals surface area contributed by atoms with Crippen molar-refractivity contribution < 1.29 is 43.2 Å². The van der Waals surface area contributed by atoms with Gasteiger partial charge in [-0.05, 0) is 44.4 Å². The number of alkyl carbamates (subject to hydrolysis) is 1. The highest BCUT2D eigenvalue weighted by atomic mass is 16.6. The fourth-order valence-electron chi connectivity index (χ4n) is 7.63. The number of aromatic nitrogens is 1. The number of aliphatic hydroxyl groups excluding tert-OH is 1. The Bertz CT molecular complexity index is 1250. The number of cyclic esters (lactones) is 1. The molecule has 1 saturated heterocycles. The van der Waals surface area contributed by atoms with E-state index in [4.69, 9.17) is 23.7 Å². The Hall–Kier alpha value is -3.15. The first-order valence-electron chi connectivity index (χ1n) is 15.3. The van der Waals surface area contributed by atoms with E-state index in [0.717, 1.165) is 12.0 Å². The van der Waals surface area contributed by atoms with Gasteiger partial charge < -0.3 is 39.1 Å². The zero-order valence-electron chi connectivity index (χ0n) is 25.6. The van der Waals surface area contributed by atoms with Crippen molar-refractivity contribution in [2.24, 2.45) is 29.6 Å². The summed E-state index contributed by atoms with van der Waals surface area (Å²) < 4.78 is 30.2. The topological polar surface area (TPSA) is 145 Å². The summed E-state index contributed by atoms with van der Waals surface area (Å²) in [5, 5.41) is 14.5. The minimum atomic E-state index is -0.985. The number of esters is 2. The van der Waals surface area contributed by atoms with Gasteiger partial charge in [-0.3, -0.25) is 0 Å². The summed E-state index contributed by atoms with van der Waals surface area (Å²) in [5.41, 5.74) is 0.211. The first-order valence-corrected chi connectivity index (χ1v) is 15.3. The van der Waals surface area contributed by atoms with Crippen molar-refractivity contribution in [3.63, 3.8) is 0 Å². The van der Waals surface area contributed by atoms with Crippen molar-refractivity contribution in [3.05, 3.63) is 47.8 Å². The SMILES string of the molecule is CCCNC(=O)O[C@H](C)[C@H]1OC(=O)[C@@H](OC)C[C@H]2C=C[C@H]3[C@@H]4O[C@]2(/C(C)=C\[C@H]1C)[C@@H]3[C@H](O)[C@@H](C)[C@H]4OC(=O)c1ccc[nH]1. The third-order valence-electron chi connectivity index (χ3n) is 9.74. The first kappa shape index (κ1) is 31.3. The number of aliphatic hydroxyl groups is 1. The van der Waals surface area contributed by atoms with E-state index < -0.39 is 66.2 Å². The summed E-state index contributed by atoms with van der Waals surface area (Å²) in [6.07, 6.45) is 3.62. The highest BCUT2D eigenvalue weighted by Gasteiger charge is 2.69. The molecule has 11 nitrogen and oxygen atoms in total. The van der Waals surface area contributed by atoms with Gasteiger partial charge in [-0.2, -0.15) is 0 Å². The smallest absolute Gasteiger partial charge is 0.407 e. The number of carbonyl (C=O) groups is 3. The molecular formula is C32H44N2O9. The molecule has 2 aliphatic carbocycles. The number of ether oxygens (including phenoxy) is 5. The molecule has 1 saturated carbocycles. The molecule has 3 heterocycles. The molecule has 43 heavy (non-hydrogen) atoms. The molecule has 4 aliphatic rings. The number of rotatable bonds is 7. The van der Waals surface area contributed by atoms with Crippen LogP contribution in [0.1, 0.15) is 57.9 Å². The van der Waals surface area contributed by atoms with E-state index in [2.05, 4.69) is 10.3 Å². The minimum absolute atomic E-state index is 0.209. The molecule has 236 valence electrons. The summed E-state index contributed by atoms with van der Waals surface area (Å²) in [7, 11) is 1.46. The van der Waals surface area contributed by atoms with Crippen LogP contribution in [0.3, 0.4) is 0 Å². The molecule has 2 aliphatic heterocycles. The van der Waals surface area contributed by atoms with Gasteiger partial charge in [0.15, 0.2) is 6.10 Å². The van der Waals surface area contributed by atoms with Crippen LogP contribution in [0.5, 0.6) is 0 Å². The second kappa shape index (κ2) is 12.5. The lowest BCUT2D eigenvalue weighted by molar-refractivity contribution is -0.172. The Kier molecular flexibility index (Phi) is 9.06.